The molecule has 2 aromatic rings. The van der Waals surface area contributed by atoms with Crippen LogP contribution in [0.1, 0.15) is 16.1 Å². The van der Waals surface area contributed by atoms with Gasteiger partial charge in [-0.3, -0.25) is 0 Å². The summed E-state index contributed by atoms with van der Waals surface area (Å²) in [5.41, 5.74) is 5.68. The van der Waals surface area contributed by atoms with Crippen molar-refractivity contribution in [3.8, 4) is 0 Å². The zero-order valence-electron chi connectivity index (χ0n) is 9.80. The molecule has 1 heterocycles. The number of carboxylic acids is 1. The van der Waals surface area contributed by atoms with Gasteiger partial charge in [0.25, 0.3) is 0 Å². The zero-order chi connectivity index (χ0) is 13.8. The lowest BCUT2D eigenvalue weighted by Gasteiger charge is -2.11. The molecule has 0 unspecified atom stereocenters. The van der Waals surface area contributed by atoms with Crippen LogP contribution < -0.4 is 11.1 Å². The van der Waals surface area contributed by atoms with E-state index in [2.05, 4.69) is 15.3 Å². The van der Waals surface area contributed by atoms with Crippen LogP contribution in [-0.4, -0.2) is 21.0 Å². The standard InChI is InChI=1S/C12H11FN4O2/c13-8-1-2-9(10(11(8)14)12(18)19)16-5-7-3-4-15-6-17-7/h1-4,6,16H,5,14H2,(H,18,19). The summed E-state index contributed by atoms with van der Waals surface area (Å²) >= 11 is 0. The number of carboxylic acid groups (broad SMARTS) is 1. The van der Waals surface area contributed by atoms with Gasteiger partial charge in [-0.1, -0.05) is 0 Å². The third-order valence-corrected chi connectivity index (χ3v) is 2.51. The minimum absolute atomic E-state index is 0.241. The minimum atomic E-state index is -1.29. The molecule has 0 saturated heterocycles. The average Bonchev–Trinajstić information content (AvgIpc) is 2.41. The molecule has 4 N–H and O–H groups in total. The number of hydrogen-bond donors (Lipinski definition) is 3. The van der Waals surface area contributed by atoms with E-state index in [1.165, 1.54) is 12.4 Å². The summed E-state index contributed by atoms with van der Waals surface area (Å²) in [7, 11) is 0. The predicted octanol–water partition coefficient (Wildman–Crippen LogP) is 1.51. The van der Waals surface area contributed by atoms with Crippen molar-refractivity contribution in [1.29, 1.82) is 0 Å². The second-order valence-corrected chi connectivity index (χ2v) is 3.74. The van der Waals surface area contributed by atoms with E-state index in [1.807, 2.05) is 0 Å². The summed E-state index contributed by atoms with van der Waals surface area (Å²) in [6.45, 7) is 0.286. The first-order valence-corrected chi connectivity index (χ1v) is 5.39. The molecule has 2 rings (SSSR count). The number of rotatable bonds is 4. The van der Waals surface area contributed by atoms with Crippen molar-refractivity contribution < 1.29 is 14.3 Å². The number of nitrogen functional groups attached to an aromatic ring is 1. The normalized spacial score (nSPS) is 10.2. The van der Waals surface area contributed by atoms with Gasteiger partial charge in [0.2, 0.25) is 0 Å². The monoisotopic (exact) mass is 262 g/mol. The third-order valence-electron chi connectivity index (χ3n) is 2.51. The van der Waals surface area contributed by atoms with Crippen molar-refractivity contribution in [2.75, 3.05) is 11.1 Å². The molecule has 1 aromatic carbocycles. The van der Waals surface area contributed by atoms with Crippen molar-refractivity contribution in [3.63, 3.8) is 0 Å². The number of halogens is 1. The molecule has 0 aliphatic heterocycles. The zero-order valence-corrected chi connectivity index (χ0v) is 9.80. The summed E-state index contributed by atoms with van der Waals surface area (Å²) in [5, 5.41) is 11.9. The molecule has 19 heavy (non-hydrogen) atoms. The largest absolute Gasteiger partial charge is 0.478 e. The van der Waals surface area contributed by atoms with E-state index in [0.29, 0.717) is 5.69 Å². The van der Waals surface area contributed by atoms with Gasteiger partial charge >= 0.3 is 5.97 Å². The predicted molar refractivity (Wildman–Crippen MR) is 67.1 cm³/mol. The molecular formula is C12H11FN4O2. The van der Waals surface area contributed by atoms with E-state index in [1.54, 1.807) is 12.3 Å². The molecule has 0 atom stereocenters. The Morgan fingerprint density at radius 2 is 2.21 bits per heavy atom. The van der Waals surface area contributed by atoms with E-state index in [4.69, 9.17) is 10.8 Å². The smallest absolute Gasteiger partial charge is 0.340 e. The van der Waals surface area contributed by atoms with Crippen molar-refractivity contribution in [1.82, 2.24) is 9.97 Å². The molecule has 0 fully saturated rings. The maximum absolute atomic E-state index is 13.2. The van der Waals surface area contributed by atoms with Gasteiger partial charge in [-0.15, -0.1) is 0 Å². The first kappa shape index (κ1) is 12.7. The number of carbonyl (C=O) groups is 1. The molecule has 0 bridgehead atoms. The molecule has 0 aliphatic carbocycles. The summed E-state index contributed by atoms with van der Waals surface area (Å²) < 4.78 is 13.2. The Bertz CT molecular complexity index is 604. The Hall–Kier alpha value is -2.70. The fourth-order valence-corrected chi connectivity index (χ4v) is 1.58. The Labute approximate surface area is 108 Å². The van der Waals surface area contributed by atoms with Crippen LogP contribution in [0, 0.1) is 5.82 Å². The lowest BCUT2D eigenvalue weighted by molar-refractivity contribution is 0.0698. The molecule has 0 amide bonds. The van der Waals surface area contributed by atoms with Crippen LogP contribution in [0.2, 0.25) is 0 Å². The summed E-state index contributed by atoms with van der Waals surface area (Å²) in [6.07, 6.45) is 2.95. The number of aromatic nitrogens is 2. The van der Waals surface area contributed by atoms with E-state index in [0.717, 1.165) is 6.07 Å². The minimum Gasteiger partial charge on any atom is -0.478 e. The average molecular weight is 262 g/mol. The van der Waals surface area contributed by atoms with Crippen molar-refractivity contribution in [3.05, 3.63) is 47.8 Å². The van der Waals surface area contributed by atoms with Crippen LogP contribution in [0.25, 0.3) is 0 Å². The molecule has 1 aromatic heterocycles. The molecule has 0 spiro atoms. The first-order valence-electron chi connectivity index (χ1n) is 5.39. The number of nitrogens with zero attached hydrogens (tertiary/aromatic N) is 2. The number of anilines is 2. The maximum Gasteiger partial charge on any atom is 0.340 e. The van der Waals surface area contributed by atoms with Crippen molar-refractivity contribution in [2.45, 2.75) is 6.54 Å². The third kappa shape index (κ3) is 2.76. The number of nitrogens with one attached hydrogen (secondary N) is 1. The van der Waals surface area contributed by atoms with E-state index >= 15 is 0 Å². The van der Waals surface area contributed by atoms with Crippen molar-refractivity contribution >= 4 is 17.3 Å². The van der Waals surface area contributed by atoms with Gasteiger partial charge in [0.15, 0.2) is 0 Å². The summed E-state index contributed by atoms with van der Waals surface area (Å²) in [6, 6.07) is 4.13. The van der Waals surface area contributed by atoms with Crippen LogP contribution in [0.5, 0.6) is 0 Å². The topological polar surface area (TPSA) is 101 Å². The molecule has 0 aliphatic rings. The van der Waals surface area contributed by atoms with Gasteiger partial charge in [0.1, 0.15) is 17.7 Å². The van der Waals surface area contributed by atoms with Gasteiger partial charge in [-0.2, -0.15) is 0 Å². The van der Waals surface area contributed by atoms with Crippen molar-refractivity contribution in [2.24, 2.45) is 0 Å². The number of hydrogen-bond acceptors (Lipinski definition) is 5. The lowest BCUT2D eigenvalue weighted by atomic mass is 10.1. The van der Waals surface area contributed by atoms with Gasteiger partial charge < -0.3 is 16.2 Å². The summed E-state index contributed by atoms with van der Waals surface area (Å²) in [5.74, 6) is -2.05. The highest BCUT2D eigenvalue weighted by atomic mass is 19.1. The van der Waals surface area contributed by atoms with Crippen LogP contribution in [0.4, 0.5) is 15.8 Å². The molecule has 0 saturated carbocycles. The SMILES string of the molecule is Nc1c(F)ccc(NCc2ccncn2)c1C(=O)O. The molecule has 98 valence electrons. The fraction of sp³-hybridized carbons (Fsp3) is 0.0833. The highest BCUT2D eigenvalue weighted by molar-refractivity contribution is 6.00. The molecule has 7 heteroatoms. The fourth-order valence-electron chi connectivity index (χ4n) is 1.58. The lowest BCUT2D eigenvalue weighted by Crippen LogP contribution is -2.11. The van der Waals surface area contributed by atoms with Gasteiger partial charge in [0.05, 0.1) is 23.6 Å². The quantitative estimate of drug-likeness (QED) is 0.722. The van der Waals surface area contributed by atoms with E-state index < -0.39 is 11.8 Å². The Kier molecular flexibility index (Phi) is 3.56. The van der Waals surface area contributed by atoms with E-state index in [9.17, 15) is 9.18 Å². The molecule has 6 nitrogen and oxygen atoms in total. The number of benzene rings is 1. The van der Waals surface area contributed by atoms with Gasteiger partial charge in [-0.25, -0.2) is 19.2 Å². The first-order chi connectivity index (χ1) is 9.09. The number of aromatic carboxylic acids is 1. The Balaban J connectivity index is 2.26. The Morgan fingerprint density at radius 3 is 2.84 bits per heavy atom. The molecule has 0 radical (unpaired) electrons. The number of nitrogens with two attached hydrogens (primary N) is 1. The van der Waals surface area contributed by atoms with Crippen LogP contribution >= 0.6 is 0 Å². The molecular weight excluding hydrogens is 251 g/mol. The maximum atomic E-state index is 13.2. The van der Waals surface area contributed by atoms with E-state index in [-0.39, 0.29) is 23.5 Å². The second-order valence-electron chi connectivity index (χ2n) is 3.74. The highest BCUT2D eigenvalue weighted by Crippen LogP contribution is 2.25. The van der Waals surface area contributed by atoms with Crippen LogP contribution in [0.15, 0.2) is 30.7 Å². The Morgan fingerprint density at radius 1 is 1.42 bits per heavy atom. The van der Waals surface area contributed by atoms with Crippen LogP contribution in [-0.2, 0) is 6.54 Å². The second kappa shape index (κ2) is 5.30. The van der Waals surface area contributed by atoms with Gasteiger partial charge in [-0.05, 0) is 18.2 Å². The van der Waals surface area contributed by atoms with Gasteiger partial charge in [0, 0.05) is 6.20 Å². The van der Waals surface area contributed by atoms with Crippen LogP contribution in [0.3, 0.4) is 0 Å². The highest BCUT2D eigenvalue weighted by Gasteiger charge is 2.17. The summed E-state index contributed by atoms with van der Waals surface area (Å²) in [4.78, 5) is 18.8.